The van der Waals surface area contributed by atoms with Crippen LogP contribution < -0.4 is 10.1 Å². The number of thioether (sulfide) groups is 1. The molecule has 0 unspecified atom stereocenters. The second kappa shape index (κ2) is 10.7. The van der Waals surface area contributed by atoms with Crippen molar-refractivity contribution in [3.05, 3.63) is 59.0 Å². The van der Waals surface area contributed by atoms with Gasteiger partial charge in [0, 0.05) is 10.7 Å². The van der Waals surface area contributed by atoms with E-state index in [9.17, 15) is 14.4 Å². The SMILES string of the molecule is C#CCOc1c(I)cc(/C=C2\SC(=O)N(CC(=O)Nc3ccc(Cl)cc3)C2=O)cc1I. The van der Waals surface area contributed by atoms with Gasteiger partial charge in [-0.15, -0.1) is 6.42 Å². The number of anilines is 1. The molecule has 0 radical (unpaired) electrons. The fourth-order valence-electron chi connectivity index (χ4n) is 2.58. The summed E-state index contributed by atoms with van der Waals surface area (Å²) in [6.45, 7) is -0.221. The molecule has 0 aliphatic carbocycles. The number of carbonyl (C=O) groups excluding carboxylic acids is 3. The molecule has 2 aromatic carbocycles. The summed E-state index contributed by atoms with van der Waals surface area (Å²) in [5, 5.41) is 2.67. The van der Waals surface area contributed by atoms with Crippen molar-refractivity contribution in [2.45, 2.75) is 0 Å². The lowest BCUT2D eigenvalue weighted by Crippen LogP contribution is -2.36. The number of nitrogens with one attached hydrogen (secondary N) is 1. The molecule has 1 aliphatic rings. The molecule has 6 nitrogen and oxygen atoms in total. The Labute approximate surface area is 215 Å². The number of amides is 3. The lowest BCUT2D eigenvalue weighted by Gasteiger charge is -2.12. The number of terminal acetylenes is 1. The van der Waals surface area contributed by atoms with Gasteiger partial charge in [0.25, 0.3) is 11.1 Å². The van der Waals surface area contributed by atoms with E-state index in [1.54, 1.807) is 30.3 Å². The number of hydrogen-bond donors (Lipinski definition) is 1. The lowest BCUT2D eigenvalue weighted by atomic mass is 10.2. The summed E-state index contributed by atoms with van der Waals surface area (Å²) in [5.74, 6) is 2.10. The molecule has 3 rings (SSSR count). The third-order valence-corrected chi connectivity index (χ3v) is 6.68. The van der Waals surface area contributed by atoms with Crippen LogP contribution in [-0.4, -0.2) is 35.1 Å². The van der Waals surface area contributed by atoms with Crippen LogP contribution in [0.5, 0.6) is 5.75 Å². The zero-order valence-corrected chi connectivity index (χ0v) is 21.5. The van der Waals surface area contributed by atoms with Crippen LogP contribution in [0.2, 0.25) is 5.02 Å². The normalized spacial score (nSPS) is 14.6. The van der Waals surface area contributed by atoms with E-state index in [1.165, 1.54) is 0 Å². The molecule has 1 heterocycles. The van der Waals surface area contributed by atoms with Crippen molar-refractivity contribution in [2.75, 3.05) is 18.5 Å². The molecule has 10 heteroatoms. The number of hydrogen-bond acceptors (Lipinski definition) is 5. The van der Waals surface area contributed by atoms with Gasteiger partial charge in [0.1, 0.15) is 18.9 Å². The highest BCUT2D eigenvalue weighted by molar-refractivity contribution is 14.1. The number of rotatable bonds is 6. The van der Waals surface area contributed by atoms with E-state index in [2.05, 4.69) is 56.4 Å². The summed E-state index contributed by atoms with van der Waals surface area (Å²) in [4.78, 5) is 38.4. The third kappa shape index (κ3) is 6.15. The van der Waals surface area contributed by atoms with Gasteiger partial charge >= 0.3 is 0 Å². The summed E-state index contributed by atoms with van der Waals surface area (Å²) < 4.78 is 7.19. The maximum absolute atomic E-state index is 12.7. The van der Waals surface area contributed by atoms with Gasteiger partial charge in [0.15, 0.2) is 0 Å². The van der Waals surface area contributed by atoms with Crippen LogP contribution >= 0.6 is 68.5 Å². The van der Waals surface area contributed by atoms with Crippen molar-refractivity contribution in [3.63, 3.8) is 0 Å². The van der Waals surface area contributed by atoms with E-state index in [1.807, 2.05) is 12.1 Å². The molecular formula is C21H13ClI2N2O4S. The Kier molecular flexibility index (Phi) is 8.26. The quantitative estimate of drug-likeness (QED) is 0.257. The van der Waals surface area contributed by atoms with E-state index in [0.29, 0.717) is 16.5 Å². The zero-order chi connectivity index (χ0) is 22.5. The summed E-state index contributed by atoms with van der Waals surface area (Å²) >= 11 is 10.9. The van der Waals surface area contributed by atoms with Crippen molar-refractivity contribution in [2.24, 2.45) is 0 Å². The van der Waals surface area contributed by atoms with E-state index in [-0.39, 0.29) is 18.1 Å². The highest BCUT2D eigenvalue weighted by Gasteiger charge is 2.36. The molecule has 1 N–H and O–H groups in total. The Balaban J connectivity index is 1.72. The van der Waals surface area contributed by atoms with Crippen molar-refractivity contribution in [1.82, 2.24) is 4.90 Å². The van der Waals surface area contributed by atoms with Crippen LogP contribution in [0.15, 0.2) is 41.3 Å². The van der Waals surface area contributed by atoms with Gasteiger partial charge in [-0.1, -0.05) is 17.5 Å². The monoisotopic (exact) mass is 678 g/mol. The molecule has 3 amide bonds. The number of nitrogens with zero attached hydrogens (tertiary/aromatic N) is 1. The van der Waals surface area contributed by atoms with Gasteiger partial charge in [-0.3, -0.25) is 19.3 Å². The van der Waals surface area contributed by atoms with Crippen molar-refractivity contribution < 1.29 is 19.1 Å². The van der Waals surface area contributed by atoms with Gasteiger partial charge in [0.2, 0.25) is 5.91 Å². The lowest BCUT2D eigenvalue weighted by molar-refractivity contribution is -0.127. The minimum absolute atomic E-state index is 0.155. The van der Waals surface area contributed by atoms with Crippen LogP contribution in [-0.2, 0) is 9.59 Å². The first-order valence-corrected chi connectivity index (χ1v) is 12.0. The van der Waals surface area contributed by atoms with Crippen LogP contribution in [0, 0.1) is 19.5 Å². The Bertz CT molecular complexity index is 1110. The van der Waals surface area contributed by atoms with Gasteiger partial charge in [-0.2, -0.15) is 0 Å². The number of halogens is 3. The zero-order valence-electron chi connectivity index (χ0n) is 15.7. The largest absolute Gasteiger partial charge is 0.479 e. The molecule has 0 aromatic heterocycles. The molecule has 1 fully saturated rings. The highest BCUT2D eigenvalue weighted by atomic mass is 127. The summed E-state index contributed by atoms with van der Waals surface area (Å²) in [7, 11) is 0. The average molecular weight is 679 g/mol. The minimum atomic E-state index is -0.515. The second-order valence-electron chi connectivity index (χ2n) is 6.13. The van der Waals surface area contributed by atoms with Gasteiger partial charge in [-0.25, -0.2) is 0 Å². The smallest absolute Gasteiger partial charge is 0.294 e. The topological polar surface area (TPSA) is 75.7 Å². The van der Waals surface area contributed by atoms with Crippen molar-refractivity contribution >= 4 is 97.4 Å². The molecule has 158 valence electrons. The average Bonchev–Trinajstić information content (AvgIpc) is 2.96. The Morgan fingerprint density at radius 1 is 1.23 bits per heavy atom. The van der Waals surface area contributed by atoms with E-state index >= 15 is 0 Å². The second-order valence-corrected chi connectivity index (χ2v) is 9.88. The van der Waals surface area contributed by atoms with Gasteiger partial charge in [-0.05, 0) is 105 Å². The molecule has 0 spiro atoms. The predicted octanol–water partition coefficient (Wildman–Crippen LogP) is 5.24. The molecule has 31 heavy (non-hydrogen) atoms. The fourth-order valence-corrected chi connectivity index (χ4v) is 5.67. The molecule has 0 saturated carbocycles. The maximum atomic E-state index is 12.7. The number of carbonyl (C=O) groups is 3. The summed E-state index contributed by atoms with van der Waals surface area (Å²) in [6.07, 6.45) is 6.86. The van der Waals surface area contributed by atoms with E-state index in [0.717, 1.165) is 29.4 Å². The van der Waals surface area contributed by atoms with Crippen LogP contribution in [0.4, 0.5) is 10.5 Å². The number of benzene rings is 2. The molecular weight excluding hydrogens is 666 g/mol. The molecule has 0 bridgehead atoms. The minimum Gasteiger partial charge on any atom is -0.479 e. The Morgan fingerprint density at radius 3 is 2.48 bits per heavy atom. The molecule has 0 atom stereocenters. The summed E-state index contributed by atoms with van der Waals surface area (Å²) in [6, 6.07) is 10.2. The van der Waals surface area contributed by atoms with E-state index < -0.39 is 17.1 Å². The van der Waals surface area contributed by atoms with Crippen LogP contribution in [0.3, 0.4) is 0 Å². The third-order valence-electron chi connectivity index (χ3n) is 3.92. The van der Waals surface area contributed by atoms with Crippen LogP contribution in [0.1, 0.15) is 5.56 Å². The molecule has 1 saturated heterocycles. The Hall–Kier alpha value is -1.75. The first-order chi connectivity index (χ1) is 14.8. The van der Waals surface area contributed by atoms with Gasteiger partial charge in [0.05, 0.1) is 12.0 Å². The first-order valence-electron chi connectivity index (χ1n) is 8.64. The highest BCUT2D eigenvalue weighted by Crippen LogP contribution is 2.34. The van der Waals surface area contributed by atoms with Crippen LogP contribution in [0.25, 0.3) is 6.08 Å². The Morgan fingerprint density at radius 2 is 1.87 bits per heavy atom. The standard InChI is InChI=1S/C21H13ClI2N2O4S/c1-2-7-30-19-15(23)8-12(9-16(19)24)10-17-20(28)26(21(29)31-17)11-18(27)25-14-5-3-13(22)4-6-14/h1,3-6,8-10H,7,11H2,(H,25,27)/b17-10-. The number of ether oxygens (including phenoxy) is 1. The number of imide groups is 1. The fraction of sp³-hybridized carbons (Fsp3) is 0.0952. The molecule has 1 aliphatic heterocycles. The summed E-state index contributed by atoms with van der Waals surface area (Å²) in [5.41, 5.74) is 1.26. The maximum Gasteiger partial charge on any atom is 0.294 e. The van der Waals surface area contributed by atoms with Crippen molar-refractivity contribution in [3.8, 4) is 18.1 Å². The predicted molar refractivity (Wildman–Crippen MR) is 139 cm³/mol. The first kappa shape index (κ1) is 23.9. The molecule has 2 aromatic rings. The van der Waals surface area contributed by atoms with Crippen molar-refractivity contribution in [1.29, 1.82) is 0 Å². The van der Waals surface area contributed by atoms with E-state index in [4.69, 9.17) is 22.8 Å². The van der Waals surface area contributed by atoms with Gasteiger partial charge < -0.3 is 10.1 Å².